The number of aliphatic carboxylic acids is 1. The van der Waals surface area contributed by atoms with Crippen molar-refractivity contribution in [3.63, 3.8) is 0 Å². The van der Waals surface area contributed by atoms with E-state index < -0.39 is 5.97 Å². The maximum absolute atomic E-state index is 11.6. The molecule has 0 aromatic heterocycles. The fraction of sp³-hybridized carbons (Fsp3) is 0.941. The van der Waals surface area contributed by atoms with E-state index in [1.54, 1.807) is 0 Å². The Morgan fingerprint density at radius 3 is 2.24 bits per heavy atom. The highest BCUT2D eigenvalue weighted by molar-refractivity contribution is 5.71. The second-order valence-corrected chi connectivity index (χ2v) is 7.86. The Hall–Kier alpha value is -0.610. The summed E-state index contributed by atoms with van der Waals surface area (Å²) < 4.78 is 0. The van der Waals surface area contributed by atoms with E-state index in [1.807, 2.05) is 0 Å². The zero-order valence-corrected chi connectivity index (χ0v) is 14.1. The highest BCUT2D eigenvalue weighted by Crippen LogP contribution is 2.41. The van der Waals surface area contributed by atoms with Crippen molar-refractivity contribution in [1.82, 2.24) is 9.80 Å². The second kappa shape index (κ2) is 6.66. The summed E-state index contributed by atoms with van der Waals surface area (Å²) in [5.74, 6) is -0.121. The Labute approximate surface area is 129 Å². The van der Waals surface area contributed by atoms with Crippen molar-refractivity contribution in [3.8, 4) is 0 Å². The average Bonchev–Trinajstić information content (AvgIpc) is 2.45. The largest absolute Gasteiger partial charge is 0.481 e. The van der Waals surface area contributed by atoms with E-state index in [-0.39, 0.29) is 17.4 Å². The first-order valence-electron chi connectivity index (χ1n) is 8.52. The molecule has 122 valence electrons. The SMILES string of the molecule is CCN1CCN(C2CC(C(C)(C)C)CCC2C(=O)O)CC1. The summed E-state index contributed by atoms with van der Waals surface area (Å²) in [6.07, 6.45) is 2.95. The van der Waals surface area contributed by atoms with Crippen LogP contribution in [0.4, 0.5) is 0 Å². The Bertz CT molecular complexity index is 356. The monoisotopic (exact) mass is 296 g/mol. The van der Waals surface area contributed by atoms with E-state index >= 15 is 0 Å². The van der Waals surface area contributed by atoms with Gasteiger partial charge in [0.15, 0.2) is 0 Å². The standard InChI is InChI=1S/C17H32N2O2/c1-5-18-8-10-19(11-9-18)15-12-13(17(2,3)4)6-7-14(15)16(20)21/h13-15H,5-12H2,1-4H3,(H,20,21). The molecule has 1 saturated heterocycles. The lowest BCUT2D eigenvalue weighted by Gasteiger charge is -2.47. The van der Waals surface area contributed by atoms with Gasteiger partial charge in [-0.1, -0.05) is 27.7 Å². The van der Waals surface area contributed by atoms with Gasteiger partial charge in [-0.05, 0) is 37.1 Å². The van der Waals surface area contributed by atoms with Crippen molar-refractivity contribution in [2.75, 3.05) is 32.7 Å². The predicted molar refractivity (Wildman–Crippen MR) is 85.4 cm³/mol. The zero-order chi connectivity index (χ0) is 15.6. The van der Waals surface area contributed by atoms with Crippen LogP contribution in [0, 0.1) is 17.3 Å². The summed E-state index contributed by atoms with van der Waals surface area (Å²) in [6, 6.07) is 0.236. The van der Waals surface area contributed by atoms with Crippen LogP contribution in [-0.2, 0) is 4.79 Å². The van der Waals surface area contributed by atoms with Crippen LogP contribution in [0.1, 0.15) is 47.0 Å². The van der Waals surface area contributed by atoms with Gasteiger partial charge >= 0.3 is 5.97 Å². The molecule has 4 nitrogen and oxygen atoms in total. The molecule has 1 aliphatic heterocycles. The number of nitrogens with zero attached hydrogens (tertiary/aromatic N) is 2. The molecule has 0 amide bonds. The fourth-order valence-corrected chi connectivity index (χ4v) is 4.04. The predicted octanol–water partition coefficient (Wildman–Crippen LogP) is 2.54. The van der Waals surface area contributed by atoms with Crippen molar-refractivity contribution in [1.29, 1.82) is 0 Å². The number of hydrogen-bond donors (Lipinski definition) is 1. The maximum Gasteiger partial charge on any atom is 0.308 e. The molecular formula is C17H32N2O2. The molecule has 1 heterocycles. The topological polar surface area (TPSA) is 43.8 Å². The minimum atomic E-state index is -0.592. The van der Waals surface area contributed by atoms with Gasteiger partial charge in [0, 0.05) is 32.2 Å². The van der Waals surface area contributed by atoms with Crippen molar-refractivity contribution in [2.45, 2.75) is 53.0 Å². The molecule has 1 saturated carbocycles. The van der Waals surface area contributed by atoms with E-state index in [0.29, 0.717) is 5.92 Å². The van der Waals surface area contributed by atoms with Crippen LogP contribution in [0.5, 0.6) is 0 Å². The Kier molecular flexibility index (Phi) is 5.31. The van der Waals surface area contributed by atoms with E-state index in [2.05, 4.69) is 37.5 Å². The van der Waals surface area contributed by atoms with E-state index in [0.717, 1.165) is 52.0 Å². The molecule has 0 aromatic rings. The minimum Gasteiger partial charge on any atom is -0.481 e. The number of carboxylic acid groups (broad SMARTS) is 1. The molecule has 0 radical (unpaired) electrons. The third-order valence-electron chi connectivity index (χ3n) is 5.68. The van der Waals surface area contributed by atoms with Crippen molar-refractivity contribution >= 4 is 5.97 Å². The Morgan fingerprint density at radius 2 is 1.76 bits per heavy atom. The van der Waals surface area contributed by atoms with Gasteiger partial charge in [-0.25, -0.2) is 0 Å². The molecule has 2 rings (SSSR count). The number of hydrogen-bond acceptors (Lipinski definition) is 3. The van der Waals surface area contributed by atoms with Crippen molar-refractivity contribution < 1.29 is 9.90 Å². The Morgan fingerprint density at radius 1 is 1.14 bits per heavy atom. The summed E-state index contributed by atoms with van der Waals surface area (Å²) in [5.41, 5.74) is 0.285. The van der Waals surface area contributed by atoms with Crippen LogP contribution in [0.3, 0.4) is 0 Å². The lowest BCUT2D eigenvalue weighted by atomic mass is 9.67. The van der Waals surface area contributed by atoms with Gasteiger partial charge in [0.05, 0.1) is 5.92 Å². The lowest BCUT2D eigenvalue weighted by molar-refractivity contribution is -0.147. The van der Waals surface area contributed by atoms with Crippen LogP contribution in [0.2, 0.25) is 0 Å². The molecule has 0 aromatic carbocycles. The molecule has 3 atom stereocenters. The highest BCUT2D eigenvalue weighted by atomic mass is 16.4. The van der Waals surface area contributed by atoms with Gasteiger partial charge in [-0.3, -0.25) is 9.69 Å². The summed E-state index contributed by atoms with van der Waals surface area (Å²) in [7, 11) is 0. The summed E-state index contributed by atoms with van der Waals surface area (Å²) in [5, 5.41) is 9.59. The van der Waals surface area contributed by atoms with Crippen LogP contribution in [0.15, 0.2) is 0 Å². The van der Waals surface area contributed by atoms with Gasteiger partial charge < -0.3 is 10.0 Å². The average molecular weight is 296 g/mol. The number of rotatable bonds is 3. The van der Waals surface area contributed by atoms with Crippen LogP contribution in [-0.4, -0.2) is 59.6 Å². The molecule has 4 heteroatoms. The third-order valence-corrected chi connectivity index (χ3v) is 5.68. The molecule has 21 heavy (non-hydrogen) atoms. The third kappa shape index (κ3) is 3.98. The Balaban J connectivity index is 2.06. The van der Waals surface area contributed by atoms with Gasteiger partial charge in [0.25, 0.3) is 0 Å². The van der Waals surface area contributed by atoms with Crippen molar-refractivity contribution in [3.05, 3.63) is 0 Å². The van der Waals surface area contributed by atoms with Gasteiger partial charge in [-0.15, -0.1) is 0 Å². The first kappa shape index (κ1) is 16.8. The molecule has 3 unspecified atom stereocenters. The van der Waals surface area contributed by atoms with Crippen LogP contribution < -0.4 is 0 Å². The number of carboxylic acids is 1. The first-order chi connectivity index (χ1) is 9.82. The number of carbonyl (C=O) groups is 1. The summed E-state index contributed by atoms with van der Waals surface area (Å²) in [6.45, 7) is 14.4. The van der Waals surface area contributed by atoms with E-state index in [9.17, 15) is 9.90 Å². The van der Waals surface area contributed by atoms with Crippen LogP contribution in [0.25, 0.3) is 0 Å². The van der Waals surface area contributed by atoms with Crippen molar-refractivity contribution in [2.24, 2.45) is 17.3 Å². The highest BCUT2D eigenvalue weighted by Gasteiger charge is 2.42. The second-order valence-electron chi connectivity index (χ2n) is 7.86. The summed E-state index contributed by atoms with van der Waals surface area (Å²) >= 11 is 0. The summed E-state index contributed by atoms with van der Waals surface area (Å²) in [4.78, 5) is 16.6. The van der Waals surface area contributed by atoms with Gasteiger partial charge in [-0.2, -0.15) is 0 Å². The molecular weight excluding hydrogens is 264 g/mol. The lowest BCUT2D eigenvalue weighted by Crippen LogP contribution is -2.55. The molecule has 1 N–H and O–H groups in total. The number of likely N-dealkylation sites (N-methyl/N-ethyl adjacent to an activating group) is 1. The molecule has 2 fully saturated rings. The molecule has 0 bridgehead atoms. The van der Waals surface area contributed by atoms with E-state index in [4.69, 9.17) is 0 Å². The molecule has 0 spiro atoms. The number of piperazine rings is 1. The maximum atomic E-state index is 11.6. The minimum absolute atomic E-state index is 0.170. The fourth-order valence-electron chi connectivity index (χ4n) is 4.04. The van der Waals surface area contributed by atoms with Gasteiger partial charge in [0.2, 0.25) is 0 Å². The zero-order valence-electron chi connectivity index (χ0n) is 14.1. The first-order valence-corrected chi connectivity index (χ1v) is 8.52. The van der Waals surface area contributed by atoms with Gasteiger partial charge in [0.1, 0.15) is 0 Å². The normalized spacial score (nSPS) is 33.0. The smallest absolute Gasteiger partial charge is 0.308 e. The van der Waals surface area contributed by atoms with E-state index in [1.165, 1.54) is 0 Å². The van der Waals surface area contributed by atoms with Crippen LogP contribution >= 0.6 is 0 Å². The molecule has 2 aliphatic rings. The quantitative estimate of drug-likeness (QED) is 0.869. The molecule has 1 aliphatic carbocycles.